The van der Waals surface area contributed by atoms with Crippen LogP contribution in [0.25, 0.3) is 0 Å². The summed E-state index contributed by atoms with van der Waals surface area (Å²) in [5.41, 5.74) is 6.97. The van der Waals surface area contributed by atoms with E-state index in [4.69, 9.17) is 10.8 Å². The first kappa shape index (κ1) is 13.8. The quantitative estimate of drug-likeness (QED) is 0.713. The van der Waals surface area contributed by atoms with Gasteiger partial charge in [0.25, 0.3) is 0 Å². The van der Waals surface area contributed by atoms with E-state index in [1.807, 2.05) is 31.2 Å². The molecule has 1 aromatic rings. The number of aliphatic hydroxyl groups is 1. The second kappa shape index (κ2) is 5.59. The normalized spacial score (nSPS) is 15.9. The molecule has 5 nitrogen and oxygen atoms in total. The van der Waals surface area contributed by atoms with E-state index in [-0.39, 0.29) is 12.5 Å². The summed E-state index contributed by atoms with van der Waals surface area (Å²) < 4.78 is 0. The molecule has 1 aromatic carbocycles. The van der Waals surface area contributed by atoms with Crippen LogP contribution in [0.15, 0.2) is 24.3 Å². The maximum absolute atomic E-state index is 11.8. The SMILES string of the molecule is CCN(CCO)c1ccc(NC(=O)C2(N)CC2)cc1. The van der Waals surface area contributed by atoms with Crippen LogP contribution in [0.3, 0.4) is 0 Å². The summed E-state index contributed by atoms with van der Waals surface area (Å²) in [5.74, 6) is -0.108. The van der Waals surface area contributed by atoms with Gasteiger partial charge in [-0.1, -0.05) is 0 Å². The van der Waals surface area contributed by atoms with Crippen LogP contribution in [-0.2, 0) is 4.79 Å². The van der Waals surface area contributed by atoms with Gasteiger partial charge >= 0.3 is 0 Å². The molecule has 0 bridgehead atoms. The minimum atomic E-state index is -0.648. The van der Waals surface area contributed by atoms with Crippen molar-refractivity contribution in [2.24, 2.45) is 5.73 Å². The van der Waals surface area contributed by atoms with Gasteiger partial charge < -0.3 is 21.1 Å². The predicted molar refractivity (Wildman–Crippen MR) is 76.2 cm³/mol. The number of nitrogens with zero attached hydrogens (tertiary/aromatic N) is 1. The second-order valence-electron chi connectivity index (χ2n) is 4.96. The van der Waals surface area contributed by atoms with Crippen molar-refractivity contribution >= 4 is 17.3 Å². The highest BCUT2D eigenvalue weighted by Gasteiger charge is 2.45. The van der Waals surface area contributed by atoms with Crippen LogP contribution in [0.1, 0.15) is 19.8 Å². The minimum Gasteiger partial charge on any atom is -0.395 e. The molecule has 1 saturated carbocycles. The lowest BCUT2D eigenvalue weighted by Crippen LogP contribution is -2.37. The number of anilines is 2. The Labute approximate surface area is 113 Å². The molecule has 2 rings (SSSR count). The summed E-state index contributed by atoms with van der Waals surface area (Å²) in [6.07, 6.45) is 1.52. The second-order valence-corrected chi connectivity index (χ2v) is 4.96. The molecule has 104 valence electrons. The Morgan fingerprint density at radius 3 is 2.53 bits per heavy atom. The lowest BCUT2D eigenvalue weighted by atomic mass is 10.2. The van der Waals surface area contributed by atoms with Crippen LogP contribution in [0, 0.1) is 0 Å². The molecule has 0 saturated heterocycles. The Hall–Kier alpha value is -1.59. The molecular weight excluding hydrogens is 242 g/mol. The van der Waals surface area contributed by atoms with Gasteiger partial charge in [0.05, 0.1) is 12.1 Å². The third kappa shape index (κ3) is 3.24. The van der Waals surface area contributed by atoms with Gasteiger partial charge in [-0.2, -0.15) is 0 Å². The molecule has 1 fully saturated rings. The fourth-order valence-electron chi connectivity index (χ4n) is 1.96. The van der Waals surface area contributed by atoms with Gasteiger partial charge in [0, 0.05) is 24.5 Å². The number of likely N-dealkylation sites (N-methyl/N-ethyl adjacent to an activating group) is 1. The van der Waals surface area contributed by atoms with E-state index < -0.39 is 5.54 Å². The van der Waals surface area contributed by atoms with E-state index in [1.165, 1.54) is 0 Å². The average molecular weight is 263 g/mol. The van der Waals surface area contributed by atoms with E-state index in [2.05, 4.69) is 10.2 Å². The molecule has 4 N–H and O–H groups in total. The number of nitrogens with one attached hydrogen (secondary N) is 1. The largest absolute Gasteiger partial charge is 0.395 e. The van der Waals surface area contributed by atoms with Crippen LogP contribution in [0.5, 0.6) is 0 Å². The zero-order valence-electron chi connectivity index (χ0n) is 11.2. The van der Waals surface area contributed by atoms with Gasteiger partial charge in [-0.05, 0) is 44.0 Å². The Balaban J connectivity index is 1.99. The zero-order chi connectivity index (χ0) is 13.9. The number of hydrogen-bond donors (Lipinski definition) is 3. The summed E-state index contributed by atoms with van der Waals surface area (Å²) in [4.78, 5) is 13.9. The third-order valence-corrected chi connectivity index (χ3v) is 3.48. The van der Waals surface area contributed by atoms with Crippen molar-refractivity contribution in [1.82, 2.24) is 0 Å². The number of carbonyl (C=O) groups excluding carboxylic acids is 1. The van der Waals surface area contributed by atoms with Crippen molar-refractivity contribution < 1.29 is 9.90 Å². The highest BCUT2D eigenvalue weighted by atomic mass is 16.3. The van der Waals surface area contributed by atoms with Gasteiger partial charge in [0.15, 0.2) is 0 Å². The van der Waals surface area contributed by atoms with Gasteiger partial charge in [0.1, 0.15) is 0 Å². The molecule has 0 unspecified atom stereocenters. The van der Waals surface area contributed by atoms with Gasteiger partial charge in [0.2, 0.25) is 5.91 Å². The lowest BCUT2D eigenvalue weighted by Gasteiger charge is -2.22. The van der Waals surface area contributed by atoms with Crippen molar-refractivity contribution in [3.63, 3.8) is 0 Å². The van der Waals surface area contributed by atoms with E-state index in [1.54, 1.807) is 0 Å². The summed E-state index contributed by atoms with van der Waals surface area (Å²) in [7, 11) is 0. The number of benzene rings is 1. The maximum atomic E-state index is 11.8. The third-order valence-electron chi connectivity index (χ3n) is 3.48. The number of carbonyl (C=O) groups is 1. The number of aliphatic hydroxyl groups excluding tert-OH is 1. The molecule has 0 aromatic heterocycles. The van der Waals surface area contributed by atoms with Crippen LogP contribution >= 0.6 is 0 Å². The maximum Gasteiger partial charge on any atom is 0.244 e. The Morgan fingerprint density at radius 2 is 2.05 bits per heavy atom. The first-order valence-corrected chi connectivity index (χ1v) is 6.65. The first-order valence-electron chi connectivity index (χ1n) is 6.65. The molecule has 5 heteroatoms. The van der Waals surface area contributed by atoms with Crippen LogP contribution in [0.4, 0.5) is 11.4 Å². The molecule has 0 atom stereocenters. The number of rotatable bonds is 6. The van der Waals surface area contributed by atoms with Crippen molar-refractivity contribution in [1.29, 1.82) is 0 Å². The Bertz CT molecular complexity index is 441. The molecule has 0 radical (unpaired) electrons. The van der Waals surface area contributed by atoms with Crippen LogP contribution in [0.2, 0.25) is 0 Å². The van der Waals surface area contributed by atoms with Crippen molar-refractivity contribution in [3.8, 4) is 0 Å². The fourth-order valence-corrected chi connectivity index (χ4v) is 1.96. The van der Waals surface area contributed by atoms with Crippen molar-refractivity contribution in [2.45, 2.75) is 25.3 Å². The monoisotopic (exact) mass is 263 g/mol. The van der Waals surface area contributed by atoms with E-state index >= 15 is 0 Å². The van der Waals surface area contributed by atoms with E-state index in [0.717, 1.165) is 30.8 Å². The average Bonchev–Trinajstić information content (AvgIpc) is 3.16. The summed E-state index contributed by atoms with van der Waals surface area (Å²) in [6.45, 7) is 3.60. The lowest BCUT2D eigenvalue weighted by molar-refractivity contribution is -0.118. The molecule has 0 heterocycles. The first-order chi connectivity index (χ1) is 9.09. The summed E-state index contributed by atoms with van der Waals surface area (Å²) >= 11 is 0. The number of hydrogen-bond acceptors (Lipinski definition) is 4. The highest BCUT2D eigenvalue weighted by molar-refractivity contribution is 6.00. The Morgan fingerprint density at radius 1 is 1.42 bits per heavy atom. The molecule has 19 heavy (non-hydrogen) atoms. The Kier molecular flexibility index (Phi) is 4.07. The number of amides is 1. The van der Waals surface area contributed by atoms with Gasteiger partial charge in [-0.15, -0.1) is 0 Å². The molecular formula is C14H21N3O2. The van der Waals surface area contributed by atoms with Gasteiger partial charge in [-0.3, -0.25) is 4.79 Å². The summed E-state index contributed by atoms with van der Waals surface area (Å²) in [5, 5.41) is 11.8. The number of nitrogens with two attached hydrogens (primary N) is 1. The molecule has 0 aliphatic heterocycles. The molecule has 1 aliphatic rings. The standard InChI is InChI=1S/C14H21N3O2/c1-2-17(9-10-18)12-5-3-11(4-6-12)16-13(19)14(15)7-8-14/h3-6,18H,2,7-10,15H2,1H3,(H,16,19). The fraction of sp³-hybridized carbons (Fsp3) is 0.500. The highest BCUT2D eigenvalue weighted by Crippen LogP contribution is 2.33. The molecule has 1 aliphatic carbocycles. The molecule has 1 amide bonds. The zero-order valence-corrected chi connectivity index (χ0v) is 11.2. The van der Waals surface area contributed by atoms with E-state index in [0.29, 0.717) is 6.54 Å². The van der Waals surface area contributed by atoms with Crippen molar-refractivity contribution in [2.75, 3.05) is 29.9 Å². The van der Waals surface area contributed by atoms with E-state index in [9.17, 15) is 4.79 Å². The predicted octanol–water partition coefficient (Wildman–Crippen LogP) is 0.935. The topological polar surface area (TPSA) is 78.6 Å². The van der Waals surface area contributed by atoms with Crippen LogP contribution < -0.4 is 16.0 Å². The van der Waals surface area contributed by atoms with Crippen LogP contribution in [-0.4, -0.2) is 36.2 Å². The summed E-state index contributed by atoms with van der Waals surface area (Å²) in [6, 6.07) is 7.59. The van der Waals surface area contributed by atoms with Gasteiger partial charge in [-0.25, -0.2) is 0 Å². The minimum absolute atomic E-state index is 0.108. The molecule has 0 spiro atoms. The smallest absolute Gasteiger partial charge is 0.244 e. The van der Waals surface area contributed by atoms with Crippen molar-refractivity contribution in [3.05, 3.63) is 24.3 Å².